The van der Waals surface area contributed by atoms with Crippen LogP contribution in [-0.2, 0) is 16.1 Å². The van der Waals surface area contributed by atoms with Gasteiger partial charge in [-0.2, -0.15) is 5.10 Å². The number of amides is 2. The predicted octanol–water partition coefficient (Wildman–Crippen LogP) is 0.897. The average Bonchev–Trinajstić information content (AvgIpc) is 2.83. The molecule has 1 aliphatic rings. The maximum absolute atomic E-state index is 12.6. The average molecular weight is 421 g/mol. The highest BCUT2D eigenvalue weighted by atomic mass is 16.5. The Hall–Kier alpha value is -3.88. The lowest BCUT2D eigenvalue weighted by Crippen LogP contribution is -2.52. The molecule has 4 rings (SSSR count). The summed E-state index contributed by atoms with van der Waals surface area (Å²) in [4.78, 5) is 40.6. The number of aromatic amines is 1. The number of piperazine rings is 1. The van der Waals surface area contributed by atoms with Gasteiger partial charge in [-0.1, -0.05) is 30.3 Å². The molecule has 160 valence electrons. The minimum Gasteiger partial charge on any atom is -0.495 e. The number of fused-ring (bicyclic) bond motifs is 1. The molecule has 0 aliphatic carbocycles. The molecule has 9 heteroatoms. The van der Waals surface area contributed by atoms with Gasteiger partial charge in [0, 0.05) is 31.6 Å². The highest BCUT2D eigenvalue weighted by Crippen LogP contribution is 2.28. The van der Waals surface area contributed by atoms with Gasteiger partial charge in [-0.15, -0.1) is 0 Å². The number of rotatable bonds is 4. The number of methoxy groups -OCH3 is 1. The smallest absolute Gasteiger partial charge is 0.312 e. The SMILES string of the molecule is COc1ccccc1N1CCN(C(=O)C(=O)NCc2n[nH]c(=O)c3ccccc23)CC1. The molecule has 0 radical (unpaired) electrons. The molecule has 0 unspecified atom stereocenters. The van der Waals surface area contributed by atoms with Crippen LogP contribution in [0.5, 0.6) is 5.75 Å². The lowest BCUT2D eigenvalue weighted by Gasteiger charge is -2.36. The number of nitrogens with one attached hydrogen (secondary N) is 2. The van der Waals surface area contributed by atoms with E-state index in [0.29, 0.717) is 42.6 Å². The fourth-order valence-corrected chi connectivity index (χ4v) is 3.73. The highest BCUT2D eigenvalue weighted by molar-refractivity contribution is 6.35. The first-order valence-electron chi connectivity index (χ1n) is 10.00. The van der Waals surface area contributed by atoms with Gasteiger partial charge in [0.15, 0.2) is 0 Å². The van der Waals surface area contributed by atoms with Gasteiger partial charge < -0.3 is 19.9 Å². The fourth-order valence-electron chi connectivity index (χ4n) is 3.73. The van der Waals surface area contributed by atoms with Crippen LogP contribution in [0.25, 0.3) is 10.8 Å². The number of H-pyrrole nitrogens is 1. The first kappa shape index (κ1) is 20.4. The molecular weight excluding hydrogens is 398 g/mol. The van der Waals surface area contributed by atoms with E-state index in [9.17, 15) is 14.4 Å². The van der Waals surface area contributed by atoms with Gasteiger partial charge in [-0.25, -0.2) is 5.10 Å². The van der Waals surface area contributed by atoms with Crippen LogP contribution in [0.4, 0.5) is 5.69 Å². The number of aromatic nitrogens is 2. The van der Waals surface area contributed by atoms with Gasteiger partial charge in [0.1, 0.15) is 5.75 Å². The Labute approximate surface area is 178 Å². The summed E-state index contributed by atoms with van der Waals surface area (Å²) in [6, 6.07) is 14.7. The molecule has 1 saturated heterocycles. The Balaban J connectivity index is 1.36. The van der Waals surface area contributed by atoms with Gasteiger partial charge in [0.2, 0.25) is 0 Å². The van der Waals surface area contributed by atoms with Crippen molar-refractivity contribution in [2.45, 2.75) is 6.54 Å². The maximum Gasteiger partial charge on any atom is 0.312 e. The van der Waals surface area contributed by atoms with Gasteiger partial charge in [-0.3, -0.25) is 14.4 Å². The summed E-state index contributed by atoms with van der Waals surface area (Å²) in [6.45, 7) is 2.12. The first-order chi connectivity index (χ1) is 15.1. The Morgan fingerprint density at radius 3 is 2.45 bits per heavy atom. The van der Waals surface area contributed by atoms with Crippen molar-refractivity contribution in [1.29, 1.82) is 0 Å². The van der Waals surface area contributed by atoms with Crippen molar-refractivity contribution in [3.05, 3.63) is 64.6 Å². The van der Waals surface area contributed by atoms with E-state index in [2.05, 4.69) is 20.4 Å². The molecule has 2 amide bonds. The molecule has 31 heavy (non-hydrogen) atoms. The van der Waals surface area contributed by atoms with Crippen LogP contribution >= 0.6 is 0 Å². The number of ether oxygens (including phenoxy) is 1. The van der Waals surface area contributed by atoms with E-state index >= 15 is 0 Å². The number of nitrogens with zero attached hydrogens (tertiary/aromatic N) is 3. The van der Waals surface area contributed by atoms with E-state index < -0.39 is 11.8 Å². The molecule has 0 spiro atoms. The molecular formula is C22H23N5O4. The topological polar surface area (TPSA) is 108 Å². The summed E-state index contributed by atoms with van der Waals surface area (Å²) >= 11 is 0. The third-order valence-electron chi connectivity index (χ3n) is 5.38. The summed E-state index contributed by atoms with van der Waals surface area (Å²) < 4.78 is 5.41. The second kappa shape index (κ2) is 8.86. The second-order valence-electron chi connectivity index (χ2n) is 7.18. The van der Waals surface area contributed by atoms with Crippen molar-refractivity contribution < 1.29 is 14.3 Å². The van der Waals surface area contributed by atoms with Crippen molar-refractivity contribution in [3.8, 4) is 5.75 Å². The van der Waals surface area contributed by atoms with E-state index in [1.807, 2.05) is 24.3 Å². The van der Waals surface area contributed by atoms with Crippen LogP contribution < -0.4 is 20.5 Å². The molecule has 3 aromatic rings. The fraction of sp³-hybridized carbons (Fsp3) is 0.273. The summed E-state index contributed by atoms with van der Waals surface area (Å²) in [7, 11) is 1.63. The number of carbonyl (C=O) groups is 2. The predicted molar refractivity (Wildman–Crippen MR) is 116 cm³/mol. The third-order valence-corrected chi connectivity index (χ3v) is 5.38. The zero-order valence-electron chi connectivity index (χ0n) is 17.1. The minimum atomic E-state index is -0.692. The minimum absolute atomic E-state index is 0.0447. The number of para-hydroxylation sites is 2. The Kier molecular flexibility index (Phi) is 5.83. The van der Waals surface area contributed by atoms with Crippen molar-refractivity contribution in [2.75, 3.05) is 38.2 Å². The molecule has 2 N–H and O–H groups in total. The van der Waals surface area contributed by atoms with Gasteiger partial charge in [0.25, 0.3) is 5.56 Å². The summed E-state index contributed by atoms with van der Waals surface area (Å²) in [5.41, 5.74) is 1.17. The van der Waals surface area contributed by atoms with Crippen molar-refractivity contribution in [2.24, 2.45) is 0 Å². The molecule has 1 aliphatic heterocycles. The molecule has 9 nitrogen and oxygen atoms in total. The van der Waals surface area contributed by atoms with Gasteiger partial charge in [0.05, 0.1) is 30.4 Å². The first-order valence-corrected chi connectivity index (χ1v) is 10.00. The number of benzene rings is 2. The van der Waals surface area contributed by atoms with E-state index in [1.54, 1.807) is 36.3 Å². The zero-order chi connectivity index (χ0) is 21.8. The third kappa shape index (κ3) is 4.20. The van der Waals surface area contributed by atoms with Crippen molar-refractivity contribution >= 4 is 28.3 Å². The number of hydrogen-bond acceptors (Lipinski definition) is 6. The van der Waals surface area contributed by atoms with Crippen LogP contribution in [0.2, 0.25) is 0 Å². The normalized spacial score (nSPS) is 13.8. The molecule has 0 saturated carbocycles. The molecule has 2 aromatic carbocycles. The molecule has 1 aromatic heterocycles. The molecule has 1 fully saturated rings. The summed E-state index contributed by atoms with van der Waals surface area (Å²) in [5, 5.41) is 10.2. The van der Waals surface area contributed by atoms with Crippen molar-refractivity contribution in [3.63, 3.8) is 0 Å². The summed E-state index contributed by atoms with van der Waals surface area (Å²) in [6.07, 6.45) is 0. The molecule has 0 atom stereocenters. The zero-order valence-corrected chi connectivity index (χ0v) is 17.1. The second-order valence-corrected chi connectivity index (χ2v) is 7.18. The Bertz CT molecular complexity index is 1170. The number of anilines is 1. The van der Waals surface area contributed by atoms with E-state index in [0.717, 1.165) is 11.4 Å². The Morgan fingerprint density at radius 1 is 1.03 bits per heavy atom. The quantitative estimate of drug-likeness (QED) is 0.606. The molecule has 2 heterocycles. The Morgan fingerprint density at radius 2 is 1.71 bits per heavy atom. The standard InChI is InChI=1S/C22H23N5O4/c1-31-19-9-5-4-8-18(19)26-10-12-27(13-11-26)22(30)21(29)23-14-17-15-6-2-3-7-16(15)20(28)25-24-17/h2-9H,10-14H2,1H3,(H,23,29)(H,25,28). The monoisotopic (exact) mass is 421 g/mol. The highest BCUT2D eigenvalue weighted by Gasteiger charge is 2.27. The van der Waals surface area contributed by atoms with E-state index in [-0.39, 0.29) is 12.1 Å². The van der Waals surface area contributed by atoms with Gasteiger partial charge in [-0.05, 0) is 18.2 Å². The molecule has 0 bridgehead atoms. The lowest BCUT2D eigenvalue weighted by atomic mass is 10.1. The van der Waals surface area contributed by atoms with Crippen LogP contribution in [0.15, 0.2) is 53.3 Å². The van der Waals surface area contributed by atoms with Crippen LogP contribution in [0, 0.1) is 0 Å². The summed E-state index contributed by atoms with van der Waals surface area (Å²) in [5.74, 6) is -0.489. The van der Waals surface area contributed by atoms with Crippen molar-refractivity contribution in [1.82, 2.24) is 20.4 Å². The lowest BCUT2D eigenvalue weighted by molar-refractivity contribution is -0.146. The maximum atomic E-state index is 12.6. The number of hydrogen-bond donors (Lipinski definition) is 2. The van der Waals surface area contributed by atoms with Crippen LogP contribution in [0.3, 0.4) is 0 Å². The van der Waals surface area contributed by atoms with Crippen LogP contribution in [0.1, 0.15) is 5.69 Å². The van der Waals surface area contributed by atoms with Gasteiger partial charge >= 0.3 is 11.8 Å². The number of carbonyl (C=O) groups excluding carboxylic acids is 2. The van der Waals surface area contributed by atoms with E-state index in [1.165, 1.54) is 0 Å². The van der Waals surface area contributed by atoms with E-state index in [4.69, 9.17) is 4.74 Å². The largest absolute Gasteiger partial charge is 0.495 e. The van der Waals surface area contributed by atoms with Crippen LogP contribution in [-0.4, -0.2) is 60.2 Å².